The molecule has 3 rings (SSSR count). The molecule has 0 atom stereocenters. The quantitative estimate of drug-likeness (QED) is 0.637. The first-order valence-corrected chi connectivity index (χ1v) is 5.61. The summed E-state index contributed by atoms with van der Waals surface area (Å²) in [7, 11) is 3.68. The van der Waals surface area contributed by atoms with Crippen molar-refractivity contribution in [3.63, 3.8) is 0 Å². The second-order valence-corrected chi connectivity index (χ2v) is 4.23. The average Bonchev–Trinajstić information content (AvgIpc) is 2.65. The monoisotopic (exact) mass is 226 g/mol. The summed E-state index contributed by atoms with van der Waals surface area (Å²) in [6, 6.07) is 10.3. The van der Waals surface area contributed by atoms with Gasteiger partial charge in [0.25, 0.3) is 0 Å². The number of hydrogen-bond donors (Lipinski definition) is 0. The second-order valence-electron chi connectivity index (χ2n) is 4.23. The van der Waals surface area contributed by atoms with E-state index in [9.17, 15) is 0 Å². The first-order chi connectivity index (χ1) is 8.22. The third-order valence-electron chi connectivity index (χ3n) is 3.32. The van der Waals surface area contributed by atoms with Crippen LogP contribution in [-0.4, -0.2) is 16.9 Å². The molecule has 0 saturated carbocycles. The molecule has 0 spiro atoms. The van der Waals surface area contributed by atoms with Crippen molar-refractivity contribution in [1.82, 2.24) is 9.78 Å². The highest BCUT2D eigenvalue weighted by atomic mass is 16.5. The van der Waals surface area contributed by atoms with E-state index in [1.165, 1.54) is 0 Å². The smallest absolute Gasteiger partial charge is 0.127 e. The van der Waals surface area contributed by atoms with E-state index in [0.717, 1.165) is 33.1 Å². The van der Waals surface area contributed by atoms with Gasteiger partial charge >= 0.3 is 0 Å². The molecule has 3 heteroatoms. The van der Waals surface area contributed by atoms with Gasteiger partial charge in [0.2, 0.25) is 0 Å². The van der Waals surface area contributed by atoms with Crippen molar-refractivity contribution in [2.75, 3.05) is 7.11 Å². The minimum Gasteiger partial charge on any atom is -0.496 e. The molecular weight excluding hydrogens is 212 g/mol. The normalized spacial score (nSPS) is 11.2. The molecule has 0 aliphatic heterocycles. The molecule has 0 bridgehead atoms. The summed E-state index contributed by atoms with van der Waals surface area (Å²) in [4.78, 5) is 0. The third-order valence-corrected chi connectivity index (χ3v) is 3.32. The van der Waals surface area contributed by atoms with E-state index in [1.54, 1.807) is 7.11 Å². The number of benzene rings is 2. The topological polar surface area (TPSA) is 27.1 Å². The Balaban J connectivity index is 2.59. The van der Waals surface area contributed by atoms with E-state index in [0.29, 0.717) is 0 Å². The van der Waals surface area contributed by atoms with Crippen LogP contribution < -0.4 is 4.74 Å². The molecule has 0 N–H and O–H groups in total. The van der Waals surface area contributed by atoms with Crippen LogP contribution in [-0.2, 0) is 7.05 Å². The molecule has 0 saturated heterocycles. The maximum atomic E-state index is 5.46. The van der Waals surface area contributed by atoms with Gasteiger partial charge in [-0.15, -0.1) is 0 Å². The van der Waals surface area contributed by atoms with Crippen molar-refractivity contribution < 1.29 is 4.74 Å². The predicted molar refractivity (Wildman–Crippen MR) is 69.5 cm³/mol. The lowest BCUT2D eigenvalue weighted by molar-refractivity contribution is 0.420. The van der Waals surface area contributed by atoms with Gasteiger partial charge in [-0.25, -0.2) is 0 Å². The number of hydrogen-bond acceptors (Lipinski definition) is 2. The minimum atomic E-state index is 0.907. The van der Waals surface area contributed by atoms with E-state index in [1.807, 2.05) is 23.9 Å². The Morgan fingerprint density at radius 2 is 1.82 bits per heavy atom. The summed E-state index contributed by atoms with van der Waals surface area (Å²) in [5, 5.41) is 7.99. The maximum Gasteiger partial charge on any atom is 0.127 e. The molecule has 3 nitrogen and oxygen atoms in total. The number of rotatable bonds is 1. The lowest BCUT2D eigenvalue weighted by Crippen LogP contribution is -1.91. The van der Waals surface area contributed by atoms with Gasteiger partial charge in [0.1, 0.15) is 11.3 Å². The zero-order chi connectivity index (χ0) is 12.0. The Labute approximate surface area is 99.6 Å². The zero-order valence-corrected chi connectivity index (χ0v) is 10.2. The predicted octanol–water partition coefficient (Wildman–Crippen LogP) is 3.04. The number of aromatic nitrogens is 2. The summed E-state index contributed by atoms with van der Waals surface area (Å²) >= 11 is 0. The Hall–Kier alpha value is -2.03. The highest BCUT2D eigenvalue weighted by Crippen LogP contribution is 2.33. The molecular formula is C14H14N2O. The van der Waals surface area contributed by atoms with Gasteiger partial charge in [-0.3, -0.25) is 4.68 Å². The largest absolute Gasteiger partial charge is 0.496 e. The fraction of sp³-hybridized carbons (Fsp3) is 0.214. The van der Waals surface area contributed by atoms with Gasteiger partial charge < -0.3 is 4.74 Å². The van der Waals surface area contributed by atoms with Gasteiger partial charge in [0.15, 0.2) is 0 Å². The van der Waals surface area contributed by atoms with E-state index >= 15 is 0 Å². The third kappa shape index (κ3) is 1.32. The summed E-state index contributed by atoms with van der Waals surface area (Å²) in [6.45, 7) is 2.07. The Bertz CT molecular complexity index is 713. The molecule has 3 aromatic rings. The summed E-state index contributed by atoms with van der Waals surface area (Å²) < 4.78 is 7.38. The fourth-order valence-electron chi connectivity index (χ4n) is 2.28. The highest BCUT2D eigenvalue weighted by Gasteiger charge is 2.12. The minimum absolute atomic E-state index is 0.907. The fourth-order valence-corrected chi connectivity index (χ4v) is 2.28. The molecule has 1 aromatic heterocycles. The van der Waals surface area contributed by atoms with Crippen molar-refractivity contribution in [2.24, 2.45) is 7.05 Å². The van der Waals surface area contributed by atoms with E-state index < -0.39 is 0 Å². The van der Waals surface area contributed by atoms with Gasteiger partial charge in [0.05, 0.1) is 7.11 Å². The average molecular weight is 226 g/mol. The number of fused-ring (bicyclic) bond motifs is 3. The van der Waals surface area contributed by atoms with Gasteiger partial charge in [0, 0.05) is 28.9 Å². The Kier molecular flexibility index (Phi) is 2.08. The van der Waals surface area contributed by atoms with Crippen molar-refractivity contribution >= 4 is 21.7 Å². The number of ether oxygens (including phenoxy) is 1. The van der Waals surface area contributed by atoms with Crippen LogP contribution >= 0.6 is 0 Å². The number of aryl methyl sites for hydroxylation is 2. The van der Waals surface area contributed by atoms with Crippen molar-refractivity contribution in [3.05, 3.63) is 36.0 Å². The van der Waals surface area contributed by atoms with Gasteiger partial charge in [-0.05, 0) is 13.0 Å². The van der Waals surface area contributed by atoms with E-state index in [4.69, 9.17) is 4.74 Å². The van der Waals surface area contributed by atoms with Gasteiger partial charge in [-0.1, -0.05) is 24.3 Å². The standard InChI is InChI=1S/C14H14N2O/c1-9-12-8-13(17-3)10-6-4-5-7-11(10)14(12)15-16(9)2/h4-8H,1-3H3. The van der Waals surface area contributed by atoms with Crippen LogP contribution in [0, 0.1) is 6.92 Å². The molecule has 2 aromatic carbocycles. The van der Waals surface area contributed by atoms with Crippen LogP contribution in [0.5, 0.6) is 5.75 Å². The molecule has 86 valence electrons. The zero-order valence-electron chi connectivity index (χ0n) is 10.2. The van der Waals surface area contributed by atoms with Crippen molar-refractivity contribution in [3.8, 4) is 5.75 Å². The van der Waals surface area contributed by atoms with Crippen molar-refractivity contribution in [1.29, 1.82) is 0 Å². The molecule has 0 aliphatic carbocycles. The van der Waals surface area contributed by atoms with Crippen LogP contribution in [0.15, 0.2) is 30.3 Å². The van der Waals surface area contributed by atoms with E-state index in [-0.39, 0.29) is 0 Å². The van der Waals surface area contributed by atoms with Gasteiger partial charge in [-0.2, -0.15) is 5.10 Å². The molecule has 0 aliphatic rings. The van der Waals surface area contributed by atoms with Crippen LogP contribution in [0.25, 0.3) is 21.7 Å². The lowest BCUT2D eigenvalue weighted by atomic mass is 10.1. The molecule has 0 radical (unpaired) electrons. The number of nitrogens with zero attached hydrogens (tertiary/aromatic N) is 2. The maximum absolute atomic E-state index is 5.46. The van der Waals surface area contributed by atoms with Crippen LogP contribution in [0.4, 0.5) is 0 Å². The molecule has 0 unspecified atom stereocenters. The Morgan fingerprint density at radius 1 is 1.12 bits per heavy atom. The van der Waals surface area contributed by atoms with Crippen LogP contribution in [0.1, 0.15) is 5.69 Å². The Morgan fingerprint density at radius 3 is 2.53 bits per heavy atom. The molecule has 0 amide bonds. The first kappa shape index (κ1) is 10.1. The molecule has 1 heterocycles. The van der Waals surface area contributed by atoms with Crippen LogP contribution in [0.3, 0.4) is 0 Å². The number of methoxy groups -OCH3 is 1. The summed E-state index contributed by atoms with van der Waals surface area (Å²) in [6.07, 6.45) is 0. The second kappa shape index (κ2) is 3.48. The van der Waals surface area contributed by atoms with Crippen molar-refractivity contribution in [2.45, 2.75) is 6.92 Å². The summed E-state index contributed by atoms with van der Waals surface area (Å²) in [5.41, 5.74) is 2.20. The summed E-state index contributed by atoms with van der Waals surface area (Å²) in [5.74, 6) is 0.907. The van der Waals surface area contributed by atoms with E-state index in [2.05, 4.69) is 30.2 Å². The highest BCUT2D eigenvalue weighted by molar-refractivity contribution is 6.09. The molecule has 17 heavy (non-hydrogen) atoms. The van der Waals surface area contributed by atoms with Crippen LogP contribution in [0.2, 0.25) is 0 Å². The SMILES string of the molecule is COc1cc2c(C)n(C)nc2c2ccccc12. The first-order valence-electron chi connectivity index (χ1n) is 5.61. The lowest BCUT2D eigenvalue weighted by Gasteiger charge is -2.05. The molecule has 0 fully saturated rings.